The Kier molecular flexibility index (Phi) is 9.12. The Hall–Kier alpha value is -6.02. The zero-order valence-corrected chi connectivity index (χ0v) is 29.1. The third-order valence-electron chi connectivity index (χ3n) is 10.8. The number of carbonyl (C=O) groups excluding carboxylic acids is 3. The molecule has 3 amide bonds. The first-order valence-corrected chi connectivity index (χ1v) is 18.1. The number of piperazine rings is 1. The average Bonchev–Trinajstić information content (AvgIpc) is 3.55. The van der Waals surface area contributed by atoms with Crippen LogP contribution in [-0.2, 0) is 11.2 Å². The second kappa shape index (κ2) is 14.3. The van der Waals surface area contributed by atoms with Crippen molar-refractivity contribution >= 4 is 34.8 Å². The Morgan fingerprint density at radius 2 is 1.38 bits per heavy atom. The molecule has 3 heterocycles. The minimum atomic E-state index is -0.208. The summed E-state index contributed by atoms with van der Waals surface area (Å²) >= 11 is 0. The molecule has 2 aliphatic heterocycles. The monoisotopic (exact) mass is 687 g/mol. The van der Waals surface area contributed by atoms with Crippen LogP contribution in [0.5, 0.6) is 0 Å². The van der Waals surface area contributed by atoms with E-state index in [1.807, 2.05) is 94.7 Å². The third-order valence-corrected chi connectivity index (χ3v) is 10.8. The van der Waals surface area contributed by atoms with E-state index in [1.165, 1.54) is 0 Å². The van der Waals surface area contributed by atoms with Crippen LogP contribution in [0, 0.1) is 5.41 Å². The molecule has 3 aliphatic rings. The van der Waals surface area contributed by atoms with Crippen LogP contribution in [0.2, 0.25) is 0 Å². The zero-order valence-electron chi connectivity index (χ0n) is 29.1. The molecule has 4 aromatic carbocycles. The van der Waals surface area contributed by atoms with Crippen molar-refractivity contribution in [2.75, 3.05) is 47.8 Å². The van der Waals surface area contributed by atoms with Crippen LogP contribution in [0.25, 0.3) is 11.1 Å². The molecule has 52 heavy (non-hydrogen) atoms. The van der Waals surface area contributed by atoms with Gasteiger partial charge in [0.15, 0.2) is 0 Å². The number of amides is 3. The maximum atomic E-state index is 14.1. The molecule has 8 nitrogen and oxygen atoms in total. The maximum Gasteiger partial charge on any atom is 0.258 e. The van der Waals surface area contributed by atoms with Crippen molar-refractivity contribution in [1.82, 2.24) is 9.88 Å². The Balaban J connectivity index is 0.950. The fourth-order valence-electron chi connectivity index (χ4n) is 7.99. The molecular formula is C44H41N5O3. The summed E-state index contributed by atoms with van der Waals surface area (Å²) in [4.78, 5) is 51.6. The number of nitrogens with one attached hydrogen (secondary N) is 1. The highest BCUT2D eigenvalue weighted by Gasteiger charge is 2.40. The minimum Gasteiger partial charge on any atom is -0.368 e. The number of anilines is 3. The number of rotatable bonds is 6. The molecule has 1 spiro atoms. The van der Waals surface area contributed by atoms with Crippen LogP contribution >= 0.6 is 0 Å². The van der Waals surface area contributed by atoms with Crippen molar-refractivity contribution in [2.24, 2.45) is 5.41 Å². The molecule has 8 rings (SSSR count). The number of para-hydroxylation sites is 1. The first-order valence-electron chi connectivity index (χ1n) is 18.1. The predicted octanol–water partition coefficient (Wildman–Crippen LogP) is 7.65. The standard InChI is InChI=1S/C44H41N5O3/c50-41(39-12-6-5-11-38(39)32-8-2-1-3-9-32)46-36-16-14-33(15-17-36)43(52)49-25-22-44(30-34-10-4-7-13-40(34)49)21-18-35(31-44)42(51)48-28-26-47(27-29-48)37-19-23-45-24-20-37/h1-17,19-20,23-24,31H,18,21-22,25-30H2,(H,46,50). The number of pyridine rings is 1. The summed E-state index contributed by atoms with van der Waals surface area (Å²) in [5.41, 5.74) is 7.48. The quantitative estimate of drug-likeness (QED) is 0.198. The van der Waals surface area contributed by atoms with E-state index < -0.39 is 0 Å². The van der Waals surface area contributed by atoms with E-state index in [-0.39, 0.29) is 23.1 Å². The Morgan fingerprint density at radius 3 is 2.17 bits per heavy atom. The molecule has 1 saturated heterocycles. The summed E-state index contributed by atoms with van der Waals surface area (Å²) in [6.07, 6.45) is 9.06. The number of fused-ring (bicyclic) bond motifs is 1. The number of carbonyl (C=O) groups is 3. The van der Waals surface area contributed by atoms with E-state index >= 15 is 0 Å². The van der Waals surface area contributed by atoms with Gasteiger partial charge in [-0.05, 0) is 96.3 Å². The summed E-state index contributed by atoms with van der Waals surface area (Å²) in [5, 5.41) is 3.01. The number of hydrogen-bond acceptors (Lipinski definition) is 5. The van der Waals surface area contributed by atoms with Gasteiger partial charge in [0.1, 0.15) is 0 Å². The van der Waals surface area contributed by atoms with E-state index in [9.17, 15) is 14.4 Å². The lowest BCUT2D eigenvalue weighted by Gasteiger charge is -2.36. The van der Waals surface area contributed by atoms with Crippen LogP contribution in [-0.4, -0.2) is 60.3 Å². The number of allylic oxidation sites excluding steroid dienone is 1. The molecule has 8 heteroatoms. The molecule has 5 aromatic rings. The average molecular weight is 688 g/mol. The molecule has 1 aromatic heterocycles. The Morgan fingerprint density at radius 1 is 0.673 bits per heavy atom. The largest absolute Gasteiger partial charge is 0.368 e. The van der Waals surface area contributed by atoms with Crippen LogP contribution in [0.3, 0.4) is 0 Å². The van der Waals surface area contributed by atoms with E-state index in [2.05, 4.69) is 27.3 Å². The van der Waals surface area contributed by atoms with Crippen molar-refractivity contribution in [1.29, 1.82) is 0 Å². The summed E-state index contributed by atoms with van der Waals surface area (Å²) in [7, 11) is 0. The van der Waals surface area contributed by atoms with Gasteiger partial charge in [-0.25, -0.2) is 0 Å². The van der Waals surface area contributed by atoms with Gasteiger partial charge >= 0.3 is 0 Å². The smallest absolute Gasteiger partial charge is 0.258 e. The minimum absolute atomic E-state index is 0.0813. The van der Waals surface area contributed by atoms with Crippen molar-refractivity contribution in [2.45, 2.75) is 25.7 Å². The van der Waals surface area contributed by atoms with Crippen LogP contribution in [0.15, 0.2) is 139 Å². The highest BCUT2D eigenvalue weighted by molar-refractivity contribution is 6.10. The molecule has 1 unspecified atom stereocenters. The van der Waals surface area contributed by atoms with Crippen molar-refractivity contribution < 1.29 is 14.4 Å². The number of hydrogen-bond donors (Lipinski definition) is 1. The third kappa shape index (κ3) is 6.72. The number of aromatic nitrogens is 1. The summed E-state index contributed by atoms with van der Waals surface area (Å²) in [6, 6.07) is 36.7. The predicted molar refractivity (Wildman–Crippen MR) is 205 cm³/mol. The first-order chi connectivity index (χ1) is 25.5. The normalized spacial score (nSPS) is 18.4. The Labute approximate surface area is 304 Å². The zero-order chi connectivity index (χ0) is 35.5. The fourth-order valence-corrected chi connectivity index (χ4v) is 7.99. The molecular weight excluding hydrogens is 647 g/mol. The lowest BCUT2D eigenvalue weighted by molar-refractivity contribution is -0.127. The summed E-state index contributed by atoms with van der Waals surface area (Å²) < 4.78 is 0. The highest BCUT2D eigenvalue weighted by atomic mass is 16.2. The molecule has 0 bridgehead atoms. The molecule has 1 aliphatic carbocycles. The van der Waals surface area contributed by atoms with Gasteiger partial charge in [0.05, 0.1) is 0 Å². The van der Waals surface area contributed by atoms with E-state index in [1.54, 1.807) is 36.7 Å². The van der Waals surface area contributed by atoms with Gasteiger partial charge in [0.25, 0.3) is 11.8 Å². The fraction of sp³-hybridized carbons (Fsp3) is 0.227. The van der Waals surface area contributed by atoms with Crippen LogP contribution < -0.4 is 15.1 Å². The molecule has 0 radical (unpaired) electrons. The molecule has 1 atom stereocenters. The molecule has 0 saturated carbocycles. The lowest BCUT2D eigenvalue weighted by atomic mass is 9.79. The summed E-state index contributed by atoms with van der Waals surface area (Å²) in [5.74, 6) is -0.144. The number of nitrogens with zero attached hydrogens (tertiary/aromatic N) is 4. The van der Waals surface area contributed by atoms with E-state index in [4.69, 9.17) is 0 Å². The highest BCUT2D eigenvalue weighted by Crippen LogP contribution is 2.46. The van der Waals surface area contributed by atoms with Crippen molar-refractivity contribution in [3.63, 3.8) is 0 Å². The maximum absolute atomic E-state index is 14.1. The van der Waals surface area contributed by atoms with Gasteiger partial charge in [-0.15, -0.1) is 0 Å². The van der Waals surface area contributed by atoms with Crippen LogP contribution in [0.1, 0.15) is 45.5 Å². The van der Waals surface area contributed by atoms with Gasteiger partial charge in [0, 0.05) is 78.9 Å². The first kappa shape index (κ1) is 33.1. The lowest BCUT2D eigenvalue weighted by Crippen LogP contribution is -2.49. The van der Waals surface area contributed by atoms with Gasteiger partial charge < -0.3 is 20.0 Å². The second-order valence-corrected chi connectivity index (χ2v) is 14.0. The second-order valence-electron chi connectivity index (χ2n) is 14.0. The molecule has 1 fully saturated rings. The van der Waals surface area contributed by atoms with Gasteiger partial charge in [-0.3, -0.25) is 19.4 Å². The van der Waals surface area contributed by atoms with Crippen molar-refractivity contribution in [3.8, 4) is 11.1 Å². The SMILES string of the molecule is O=C(Nc1ccc(C(=O)N2CCC3(C=C(C(=O)N4CCN(c5ccncc5)CC4)CC3)Cc3ccccc32)cc1)c1ccccc1-c1ccccc1. The number of benzene rings is 4. The van der Waals surface area contributed by atoms with Crippen LogP contribution in [0.4, 0.5) is 17.1 Å². The molecule has 1 N–H and O–H groups in total. The van der Waals surface area contributed by atoms with E-state index in [0.29, 0.717) is 36.4 Å². The summed E-state index contributed by atoms with van der Waals surface area (Å²) in [6.45, 7) is 3.54. The van der Waals surface area contributed by atoms with Gasteiger partial charge in [-0.1, -0.05) is 72.8 Å². The Bertz CT molecular complexity index is 2120. The van der Waals surface area contributed by atoms with Gasteiger partial charge in [-0.2, -0.15) is 0 Å². The van der Waals surface area contributed by atoms with E-state index in [0.717, 1.165) is 72.4 Å². The van der Waals surface area contributed by atoms with Crippen molar-refractivity contribution in [3.05, 3.63) is 156 Å². The molecule has 260 valence electrons. The van der Waals surface area contributed by atoms with Gasteiger partial charge in [0.2, 0.25) is 5.91 Å². The topological polar surface area (TPSA) is 85.8 Å².